The van der Waals surface area contributed by atoms with Crippen molar-refractivity contribution in [2.24, 2.45) is 4.99 Å². The summed E-state index contributed by atoms with van der Waals surface area (Å²) < 4.78 is 0. The van der Waals surface area contributed by atoms with Gasteiger partial charge in [0.15, 0.2) is 5.96 Å². The molecule has 6 heteroatoms. The molecule has 0 aliphatic carbocycles. The number of nitrogens with one attached hydrogen (secondary N) is 2. The minimum atomic E-state index is 0. The molecule has 1 aliphatic heterocycles. The average molecular weight is 493 g/mol. The standard InChI is InChI=1S/C22H31N5.HI/c1-2-23-22(25-15-13-20-12-6-7-14-24-20)26-18-21(27-16-8-9-17-27)19-10-4-3-5-11-19;/h3-7,10-12,14,21H,2,8-9,13,15-18H2,1H3,(H2,23,25,26);1H. The van der Waals surface area contributed by atoms with Gasteiger partial charge in [-0.2, -0.15) is 0 Å². The van der Waals surface area contributed by atoms with Crippen LogP contribution in [-0.2, 0) is 6.42 Å². The third-order valence-electron chi connectivity index (χ3n) is 4.93. The van der Waals surface area contributed by atoms with Crippen molar-refractivity contribution in [2.75, 3.05) is 32.7 Å². The maximum absolute atomic E-state index is 4.90. The van der Waals surface area contributed by atoms with E-state index in [4.69, 9.17) is 4.99 Å². The maximum Gasteiger partial charge on any atom is 0.191 e. The lowest BCUT2D eigenvalue weighted by atomic mass is 10.1. The van der Waals surface area contributed by atoms with Crippen LogP contribution in [0.1, 0.15) is 37.1 Å². The molecule has 1 unspecified atom stereocenters. The zero-order valence-corrected chi connectivity index (χ0v) is 19.0. The second-order valence-corrected chi connectivity index (χ2v) is 6.89. The first kappa shape index (κ1) is 22.6. The van der Waals surface area contributed by atoms with Gasteiger partial charge in [0.05, 0.1) is 12.6 Å². The summed E-state index contributed by atoms with van der Waals surface area (Å²) in [5.74, 6) is 0.883. The summed E-state index contributed by atoms with van der Waals surface area (Å²) in [5.41, 5.74) is 2.45. The predicted molar refractivity (Wildman–Crippen MR) is 127 cm³/mol. The minimum Gasteiger partial charge on any atom is -0.357 e. The number of aliphatic imine (C=N–C) groups is 1. The van der Waals surface area contributed by atoms with Gasteiger partial charge >= 0.3 is 0 Å². The molecule has 1 aliphatic rings. The highest BCUT2D eigenvalue weighted by molar-refractivity contribution is 14.0. The number of likely N-dealkylation sites (tertiary alicyclic amines) is 1. The molecule has 1 aromatic carbocycles. The van der Waals surface area contributed by atoms with Crippen LogP contribution >= 0.6 is 24.0 Å². The number of halogens is 1. The van der Waals surface area contributed by atoms with E-state index in [0.717, 1.165) is 37.7 Å². The van der Waals surface area contributed by atoms with E-state index in [-0.39, 0.29) is 24.0 Å². The lowest BCUT2D eigenvalue weighted by Gasteiger charge is -2.27. The molecular formula is C22H32IN5. The zero-order chi connectivity index (χ0) is 18.7. The van der Waals surface area contributed by atoms with Gasteiger partial charge in [-0.15, -0.1) is 24.0 Å². The number of benzene rings is 1. The molecule has 2 N–H and O–H groups in total. The minimum absolute atomic E-state index is 0. The van der Waals surface area contributed by atoms with Crippen LogP contribution in [0.25, 0.3) is 0 Å². The van der Waals surface area contributed by atoms with E-state index in [1.54, 1.807) is 0 Å². The summed E-state index contributed by atoms with van der Waals surface area (Å²) in [7, 11) is 0. The van der Waals surface area contributed by atoms with Crippen molar-refractivity contribution in [2.45, 2.75) is 32.2 Å². The quantitative estimate of drug-likeness (QED) is 0.335. The Kier molecular flexibility index (Phi) is 10.3. The van der Waals surface area contributed by atoms with Crippen LogP contribution in [0.3, 0.4) is 0 Å². The molecule has 0 spiro atoms. The fourth-order valence-electron chi connectivity index (χ4n) is 3.53. The summed E-state index contributed by atoms with van der Waals surface area (Å²) in [6.07, 6.45) is 5.31. The highest BCUT2D eigenvalue weighted by Crippen LogP contribution is 2.25. The third-order valence-corrected chi connectivity index (χ3v) is 4.93. The number of hydrogen-bond donors (Lipinski definition) is 2. The fourth-order valence-corrected chi connectivity index (χ4v) is 3.53. The Morgan fingerprint density at radius 1 is 1.07 bits per heavy atom. The van der Waals surface area contributed by atoms with Gasteiger partial charge < -0.3 is 10.6 Å². The fraction of sp³-hybridized carbons (Fsp3) is 0.455. The highest BCUT2D eigenvalue weighted by Gasteiger charge is 2.23. The van der Waals surface area contributed by atoms with Crippen LogP contribution in [0, 0.1) is 0 Å². The Morgan fingerprint density at radius 3 is 2.50 bits per heavy atom. The topological polar surface area (TPSA) is 52.6 Å². The van der Waals surface area contributed by atoms with Crippen molar-refractivity contribution in [3.05, 3.63) is 66.0 Å². The zero-order valence-electron chi connectivity index (χ0n) is 16.7. The first-order chi connectivity index (χ1) is 13.4. The Hall–Kier alpha value is -1.67. The predicted octanol–water partition coefficient (Wildman–Crippen LogP) is 3.63. The molecule has 28 heavy (non-hydrogen) atoms. The SMILES string of the molecule is CCNC(=NCC(c1ccccc1)N1CCCC1)NCCc1ccccn1.I. The Labute approximate surface area is 186 Å². The van der Waals surface area contributed by atoms with Crippen molar-refractivity contribution >= 4 is 29.9 Å². The van der Waals surface area contributed by atoms with Crippen LogP contribution in [0.2, 0.25) is 0 Å². The van der Waals surface area contributed by atoms with E-state index >= 15 is 0 Å². The van der Waals surface area contributed by atoms with Gasteiger partial charge in [0.2, 0.25) is 0 Å². The van der Waals surface area contributed by atoms with Gasteiger partial charge in [-0.3, -0.25) is 14.9 Å². The molecule has 5 nitrogen and oxygen atoms in total. The van der Waals surface area contributed by atoms with E-state index in [1.807, 2.05) is 18.3 Å². The lowest BCUT2D eigenvalue weighted by Crippen LogP contribution is -2.39. The van der Waals surface area contributed by atoms with E-state index in [0.29, 0.717) is 6.04 Å². The molecule has 1 aromatic heterocycles. The summed E-state index contributed by atoms with van der Waals surface area (Å²) in [6.45, 7) is 6.88. The van der Waals surface area contributed by atoms with Crippen LogP contribution in [0.5, 0.6) is 0 Å². The lowest BCUT2D eigenvalue weighted by molar-refractivity contribution is 0.251. The number of nitrogens with zero attached hydrogens (tertiary/aromatic N) is 3. The third kappa shape index (κ3) is 7.05. The molecule has 0 amide bonds. The monoisotopic (exact) mass is 493 g/mol. The number of rotatable bonds is 8. The molecule has 1 fully saturated rings. The van der Waals surface area contributed by atoms with Gasteiger partial charge in [0, 0.05) is 31.4 Å². The van der Waals surface area contributed by atoms with E-state index in [1.165, 1.54) is 31.5 Å². The van der Waals surface area contributed by atoms with E-state index in [9.17, 15) is 0 Å². The molecule has 0 radical (unpaired) electrons. The van der Waals surface area contributed by atoms with Gasteiger partial charge in [-0.25, -0.2) is 0 Å². The Balaban J connectivity index is 0.00000280. The van der Waals surface area contributed by atoms with Gasteiger partial charge in [0.1, 0.15) is 0 Å². The summed E-state index contributed by atoms with van der Waals surface area (Å²) in [4.78, 5) is 11.8. The molecule has 2 aromatic rings. The van der Waals surface area contributed by atoms with Gasteiger partial charge in [-0.05, 0) is 50.6 Å². The first-order valence-electron chi connectivity index (χ1n) is 10.1. The van der Waals surface area contributed by atoms with Crippen molar-refractivity contribution in [1.29, 1.82) is 0 Å². The number of aromatic nitrogens is 1. The van der Waals surface area contributed by atoms with Crippen LogP contribution in [0.4, 0.5) is 0 Å². The van der Waals surface area contributed by atoms with Crippen molar-refractivity contribution in [3.63, 3.8) is 0 Å². The van der Waals surface area contributed by atoms with Gasteiger partial charge in [0.25, 0.3) is 0 Å². The Morgan fingerprint density at radius 2 is 1.82 bits per heavy atom. The molecule has 3 rings (SSSR count). The normalized spacial score (nSPS) is 15.7. The largest absolute Gasteiger partial charge is 0.357 e. The summed E-state index contributed by atoms with van der Waals surface area (Å²) in [5, 5.41) is 6.81. The maximum atomic E-state index is 4.90. The molecule has 2 heterocycles. The number of pyridine rings is 1. The first-order valence-corrected chi connectivity index (χ1v) is 10.1. The number of guanidine groups is 1. The van der Waals surface area contributed by atoms with Crippen LogP contribution < -0.4 is 10.6 Å². The molecule has 1 atom stereocenters. The summed E-state index contributed by atoms with van der Waals surface area (Å²) >= 11 is 0. The molecular weight excluding hydrogens is 461 g/mol. The molecule has 0 bridgehead atoms. The van der Waals surface area contributed by atoms with E-state index in [2.05, 4.69) is 63.8 Å². The number of hydrogen-bond acceptors (Lipinski definition) is 3. The second kappa shape index (κ2) is 12.7. The molecule has 152 valence electrons. The van der Waals surface area contributed by atoms with Crippen molar-refractivity contribution < 1.29 is 0 Å². The smallest absolute Gasteiger partial charge is 0.191 e. The van der Waals surface area contributed by atoms with Crippen molar-refractivity contribution in [3.8, 4) is 0 Å². The van der Waals surface area contributed by atoms with Crippen LogP contribution in [-0.4, -0.2) is 48.6 Å². The van der Waals surface area contributed by atoms with Gasteiger partial charge in [-0.1, -0.05) is 36.4 Å². The Bertz CT molecular complexity index is 687. The summed E-state index contributed by atoms with van der Waals surface area (Å²) in [6, 6.07) is 17.2. The second-order valence-electron chi connectivity index (χ2n) is 6.89. The highest BCUT2D eigenvalue weighted by atomic mass is 127. The molecule has 1 saturated heterocycles. The van der Waals surface area contributed by atoms with Crippen molar-refractivity contribution in [1.82, 2.24) is 20.5 Å². The average Bonchev–Trinajstić information content (AvgIpc) is 3.24. The van der Waals surface area contributed by atoms with E-state index < -0.39 is 0 Å². The molecule has 0 saturated carbocycles. The van der Waals surface area contributed by atoms with Crippen LogP contribution in [0.15, 0.2) is 59.7 Å².